The minimum Gasteiger partial charge on any atom is -0.457 e. The Morgan fingerprint density at radius 1 is 1.00 bits per heavy atom. The molecule has 0 atom stereocenters. The van der Waals surface area contributed by atoms with Crippen LogP contribution in [-0.4, -0.2) is 18.4 Å². The van der Waals surface area contributed by atoms with E-state index in [0.717, 1.165) is 30.6 Å². The molecule has 0 unspecified atom stereocenters. The first-order valence-electron chi connectivity index (χ1n) is 10.5. The molecule has 0 aromatic heterocycles. The number of ether oxygens (including phenoxy) is 1. The summed E-state index contributed by atoms with van der Waals surface area (Å²) in [4.78, 5) is 26.6. The number of nitriles is 1. The van der Waals surface area contributed by atoms with Gasteiger partial charge in [-0.15, -0.1) is 0 Å². The number of piperidine rings is 1. The number of benzene rings is 3. The Balaban J connectivity index is 1.41. The third-order valence-corrected chi connectivity index (χ3v) is 5.43. The quantitative estimate of drug-likeness (QED) is 0.591. The van der Waals surface area contributed by atoms with E-state index in [1.165, 1.54) is 0 Å². The van der Waals surface area contributed by atoms with Crippen LogP contribution < -0.4 is 15.0 Å². The van der Waals surface area contributed by atoms with E-state index in [-0.39, 0.29) is 11.8 Å². The van der Waals surface area contributed by atoms with Gasteiger partial charge in [0.2, 0.25) is 5.91 Å². The van der Waals surface area contributed by atoms with E-state index in [9.17, 15) is 9.59 Å². The number of carbonyl (C=O) groups excluding carboxylic acids is 2. The van der Waals surface area contributed by atoms with E-state index in [4.69, 9.17) is 10.00 Å². The van der Waals surface area contributed by atoms with Gasteiger partial charge in [0.1, 0.15) is 11.5 Å². The smallest absolute Gasteiger partial charge is 0.255 e. The van der Waals surface area contributed by atoms with Crippen LogP contribution in [-0.2, 0) is 4.79 Å². The van der Waals surface area contributed by atoms with Gasteiger partial charge in [0.05, 0.1) is 11.6 Å². The van der Waals surface area contributed by atoms with Gasteiger partial charge in [0.15, 0.2) is 0 Å². The van der Waals surface area contributed by atoms with E-state index in [1.807, 2.05) is 25.1 Å². The van der Waals surface area contributed by atoms with E-state index in [2.05, 4.69) is 11.4 Å². The van der Waals surface area contributed by atoms with E-state index in [0.29, 0.717) is 34.7 Å². The fourth-order valence-electron chi connectivity index (χ4n) is 3.64. The zero-order valence-corrected chi connectivity index (χ0v) is 17.8. The topological polar surface area (TPSA) is 82.4 Å². The fourth-order valence-corrected chi connectivity index (χ4v) is 3.64. The van der Waals surface area contributed by atoms with Crippen molar-refractivity contribution >= 4 is 23.2 Å². The second-order valence-electron chi connectivity index (χ2n) is 7.72. The minimum absolute atomic E-state index is 0.132. The maximum atomic E-state index is 12.7. The Morgan fingerprint density at radius 3 is 2.38 bits per heavy atom. The number of anilines is 2. The predicted molar refractivity (Wildman–Crippen MR) is 123 cm³/mol. The number of nitrogens with one attached hydrogen (secondary N) is 1. The summed E-state index contributed by atoms with van der Waals surface area (Å²) >= 11 is 0. The molecule has 1 aliphatic rings. The van der Waals surface area contributed by atoms with Gasteiger partial charge in [-0.2, -0.15) is 5.26 Å². The Labute approximate surface area is 187 Å². The van der Waals surface area contributed by atoms with Crippen molar-refractivity contribution in [2.75, 3.05) is 16.8 Å². The van der Waals surface area contributed by atoms with Gasteiger partial charge in [-0.25, -0.2) is 0 Å². The summed E-state index contributed by atoms with van der Waals surface area (Å²) in [5.74, 6) is 1.19. The second kappa shape index (κ2) is 9.36. The van der Waals surface area contributed by atoms with Gasteiger partial charge in [-0.3, -0.25) is 9.59 Å². The van der Waals surface area contributed by atoms with Crippen LogP contribution >= 0.6 is 0 Å². The second-order valence-corrected chi connectivity index (χ2v) is 7.72. The molecular weight excluding hydrogens is 402 g/mol. The van der Waals surface area contributed by atoms with Crippen molar-refractivity contribution in [1.29, 1.82) is 5.26 Å². The normalized spacial score (nSPS) is 13.4. The van der Waals surface area contributed by atoms with E-state index < -0.39 is 0 Å². The Hall–Kier alpha value is -4.11. The average molecular weight is 425 g/mol. The molecule has 0 bridgehead atoms. The van der Waals surface area contributed by atoms with Crippen LogP contribution in [0.5, 0.6) is 11.5 Å². The lowest BCUT2D eigenvalue weighted by Crippen LogP contribution is -2.35. The van der Waals surface area contributed by atoms with Crippen molar-refractivity contribution in [3.63, 3.8) is 0 Å². The summed E-state index contributed by atoms with van der Waals surface area (Å²) in [5.41, 5.74) is 3.47. The highest BCUT2D eigenvalue weighted by molar-refractivity contribution is 6.05. The lowest BCUT2D eigenvalue weighted by Gasteiger charge is -2.26. The molecule has 0 radical (unpaired) electrons. The molecule has 1 heterocycles. The third kappa shape index (κ3) is 4.79. The fraction of sp³-hybridized carbons (Fsp3) is 0.192. The molecule has 32 heavy (non-hydrogen) atoms. The Morgan fingerprint density at radius 2 is 1.72 bits per heavy atom. The molecule has 3 aromatic carbocycles. The van der Waals surface area contributed by atoms with Crippen LogP contribution in [0.4, 0.5) is 11.4 Å². The SMILES string of the molecule is Cc1cc(Oc2ccc(C#N)cc2)ccc1NC(=O)c1ccc(N2CCCCC2=O)cc1. The molecule has 1 saturated heterocycles. The molecule has 2 amide bonds. The number of hydrogen-bond donors (Lipinski definition) is 1. The van der Waals surface area contributed by atoms with Crippen molar-refractivity contribution in [3.8, 4) is 17.6 Å². The predicted octanol–water partition coefficient (Wildman–Crippen LogP) is 5.43. The van der Waals surface area contributed by atoms with Crippen molar-refractivity contribution in [2.45, 2.75) is 26.2 Å². The molecule has 0 saturated carbocycles. The zero-order valence-electron chi connectivity index (χ0n) is 17.8. The molecule has 1 fully saturated rings. The van der Waals surface area contributed by atoms with Gasteiger partial charge >= 0.3 is 0 Å². The third-order valence-electron chi connectivity index (χ3n) is 5.43. The van der Waals surface area contributed by atoms with Gasteiger partial charge in [0.25, 0.3) is 5.91 Å². The number of amides is 2. The molecule has 4 rings (SSSR count). The molecule has 3 aromatic rings. The Kier molecular flexibility index (Phi) is 6.18. The van der Waals surface area contributed by atoms with E-state index >= 15 is 0 Å². The average Bonchev–Trinajstić information content (AvgIpc) is 2.82. The molecule has 6 heteroatoms. The summed E-state index contributed by atoms with van der Waals surface area (Å²) < 4.78 is 5.83. The summed E-state index contributed by atoms with van der Waals surface area (Å²) in [6.07, 6.45) is 2.51. The van der Waals surface area contributed by atoms with Crippen molar-refractivity contribution in [2.24, 2.45) is 0 Å². The molecule has 160 valence electrons. The van der Waals surface area contributed by atoms with Crippen LogP contribution in [0.25, 0.3) is 0 Å². The molecular formula is C26H23N3O3. The van der Waals surface area contributed by atoms with Gasteiger partial charge < -0.3 is 15.0 Å². The molecule has 1 N–H and O–H groups in total. The van der Waals surface area contributed by atoms with Crippen LogP contribution in [0.3, 0.4) is 0 Å². The van der Waals surface area contributed by atoms with Crippen molar-refractivity contribution in [1.82, 2.24) is 0 Å². The van der Waals surface area contributed by atoms with Crippen molar-refractivity contribution < 1.29 is 14.3 Å². The van der Waals surface area contributed by atoms with Crippen molar-refractivity contribution in [3.05, 3.63) is 83.4 Å². The number of carbonyl (C=O) groups is 2. The maximum Gasteiger partial charge on any atom is 0.255 e. The summed E-state index contributed by atoms with van der Waals surface area (Å²) in [6.45, 7) is 2.62. The largest absolute Gasteiger partial charge is 0.457 e. The standard InChI is InChI=1S/C26H23N3O3/c1-18-16-23(32-22-11-5-19(17-27)6-12-22)13-14-24(18)28-26(31)20-7-9-21(10-8-20)29-15-3-2-4-25(29)30/h5-14,16H,2-4,15H2,1H3,(H,28,31). The zero-order chi connectivity index (χ0) is 22.5. The first kappa shape index (κ1) is 21.1. The highest BCUT2D eigenvalue weighted by Gasteiger charge is 2.19. The number of rotatable bonds is 5. The summed E-state index contributed by atoms with van der Waals surface area (Å²) in [7, 11) is 0. The van der Waals surface area contributed by atoms with Crippen LogP contribution in [0.2, 0.25) is 0 Å². The number of hydrogen-bond acceptors (Lipinski definition) is 4. The number of nitrogens with zero attached hydrogens (tertiary/aromatic N) is 2. The van der Waals surface area contributed by atoms with Crippen LogP contribution in [0, 0.1) is 18.3 Å². The van der Waals surface area contributed by atoms with Gasteiger partial charge in [-0.1, -0.05) is 0 Å². The highest BCUT2D eigenvalue weighted by Crippen LogP contribution is 2.27. The minimum atomic E-state index is -0.217. The lowest BCUT2D eigenvalue weighted by atomic mass is 10.1. The van der Waals surface area contributed by atoms with E-state index in [1.54, 1.807) is 53.4 Å². The first-order chi connectivity index (χ1) is 15.5. The van der Waals surface area contributed by atoms with Gasteiger partial charge in [-0.05, 0) is 92.1 Å². The first-order valence-corrected chi connectivity index (χ1v) is 10.5. The van der Waals surface area contributed by atoms with Crippen LogP contribution in [0.1, 0.15) is 40.7 Å². The monoisotopic (exact) mass is 425 g/mol. The Bertz CT molecular complexity index is 1180. The molecule has 0 aliphatic carbocycles. The highest BCUT2D eigenvalue weighted by atomic mass is 16.5. The molecule has 0 spiro atoms. The number of aryl methyl sites for hydroxylation is 1. The van der Waals surface area contributed by atoms with Crippen LogP contribution in [0.15, 0.2) is 66.7 Å². The molecule has 1 aliphatic heterocycles. The molecule has 6 nitrogen and oxygen atoms in total. The summed E-state index contributed by atoms with van der Waals surface area (Å²) in [5, 5.41) is 11.8. The maximum absolute atomic E-state index is 12.7. The summed E-state index contributed by atoms with van der Waals surface area (Å²) in [6, 6.07) is 21.5. The lowest BCUT2D eigenvalue weighted by molar-refractivity contribution is -0.119. The van der Waals surface area contributed by atoms with Gasteiger partial charge in [0, 0.05) is 29.9 Å².